The Morgan fingerprint density at radius 2 is 2.00 bits per heavy atom. The highest BCUT2D eigenvalue weighted by atomic mass is 19.4. The fraction of sp³-hybridized carbons (Fsp3) is 0.462. The smallest absolute Gasteiger partial charge is 0.406 e. The first kappa shape index (κ1) is 16.3. The monoisotopic (exact) mass is 290 g/mol. The van der Waals surface area contributed by atoms with Gasteiger partial charge < -0.3 is 15.8 Å². The highest BCUT2D eigenvalue weighted by molar-refractivity contribution is 5.76. The quantitative estimate of drug-likeness (QED) is 0.755. The Morgan fingerprint density at radius 3 is 2.65 bits per heavy atom. The maximum Gasteiger partial charge on any atom is 0.573 e. The average molecular weight is 290 g/mol. The summed E-state index contributed by atoms with van der Waals surface area (Å²) in [7, 11) is 0. The number of para-hydroxylation sites is 1. The summed E-state index contributed by atoms with van der Waals surface area (Å²) in [6, 6.07) is 5.79. The van der Waals surface area contributed by atoms with Crippen molar-refractivity contribution in [3.8, 4) is 5.75 Å². The second-order valence-electron chi connectivity index (χ2n) is 4.15. The minimum absolute atomic E-state index is 0.100. The predicted octanol–water partition coefficient (Wildman–Crippen LogP) is 1.98. The molecule has 20 heavy (non-hydrogen) atoms. The van der Waals surface area contributed by atoms with Crippen LogP contribution in [0.1, 0.15) is 18.4 Å². The lowest BCUT2D eigenvalue weighted by atomic mass is 10.1. The molecule has 3 N–H and O–H groups in total. The van der Waals surface area contributed by atoms with Gasteiger partial charge in [-0.1, -0.05) is 18.2 Å². The molecule has 1 aromatic rings. The van der Waals surface area contributed by atoms with Crippen molar-refractivity contribution in [2.24, 2.45) is 5.73 Å². The van der Waals surface area contributed by atoms with Crippen molar-refractivity contribution in [3.05, 3.63) is 29.8 Å². The van der Waals surface area contributed by atoms with Gasteiger partial charge in [0.2, 0.25) is 5.91 Å². The zero-order valence-corrected chi connectivity index (χ0v) is 10.9. The van der Waals surface area contributed by atoms with Crippen LogP contribution in [0.25, 0.3) is 0 Å². The Bertz CT molecular complexity index is 436. The first-order valence-corrected chi connectivity index (χ1v) is 6.23. The number of nitrogens with two attached hydrogens (primary N) is 1. The Hall–Kier alpha value is -1.76. The minimum Gasteiger partial charge on any atom is -0.406 e. The molecule has 0 saturated carbocycles. The summed E-state index contributed by atoms with van der Waals surface area (Å²) < 4.78 is 40.6. The van der Waals surface area contributed by atoms with E-state index in [4.69, 9.17) is 5.73 Å². The number of nitrogens with one attached hydrogen (secondary N) is 1. The molecule has 4 nitrogen and oxygen atoms in total. The molecule has 0 heterocycles. The Balaban J connectivity index is 2.53. The van der Waals surface area contributed by atoms with E-state index in [-0.39, 0.29) is 24.5 Å². The molecule has 1 amide bonds. The molecule has 0 saturated heterocycles. The van der Waals surface area contributed by atoms with Gasteiger partial charge >= 0.3 is 6.36 Å². The normalized spacial score (nSPS) is 11.2. The highest BCUT2D eigenvalue weighted by Crippen LogP contribution is 2.26. The number of carbonyl (C=O) groups excluding carboxylic acids is 1. The van der Waals surface area contributed by atoms with E-state index >= 15 is 0 Å². The van der Waals surface area contributed by atoms with Gasteiger partial charge in [0.1, 0.15) is 5.75 Å². The maximum absolute atomic E-state index is 12.2. The first-order chi connectivity index (χ1) is 9.42. The number of carbonyl (C=O) groups is 1. The number of alkyl halides is 3. The first-order valence-electron chi connectivity index (χ1n) is 6.23. The summed E-state index contributed by atoms with van der Waals surface area (Å²) in [5.41, 5.74) is 5.63. The molecule has 0 aliphatic heterocycles. The van der Waals surface area contributed by atoms with Gasteiger partial charge in [0.15, 0.2) is 0 Å². The Labute approximate surface area is 115 Å². The van der Waals surface area contributed by atoms with Gasteiger partial charge in [0, 0.05) is 13.0 Å². The number of benzene rings is 1. The van der Waals surface area contributed by atoms with Crippen LogP contribution in [0.3, 0.4) is 0 Å². The van der Waals surface area contributed by atoms with Crippen LogP contribution in [0.15, 0.2) is 24.3 Å². The van der Waals surface area contributed by atoms with Gasteiger partial charge in [-0.2, -0.15) is 0 Å². The van der Waals surface area contributed by atoms with Crippen molar-refractivity contribution < 1.29 is 22.7 Å². The summed E-state index contributed by atoms with van der Waals surface area (Å²) in [6.07, 6.45) is -3.79. The minimum atomic E-state index is -4.74. The fourth-order valence-corrected chi connectivity index (χ4v) is 1.60. The number of ether oxygens (including phenoxy) is 1. The number of hydrogen-bond acceptors (Lipinski definition) is 3. The molecule has 0 spiro atoms. The van der Waals surface area contributed by atoms with Crippen LogP contribution in [0.4, 0.5) is 13.2 Å². The summed E-state index contributed by atoms with van der Waals surface area (Å²) in [5.74, 6) is -0.491. The van der Waals surface area contributed by atoms with Crippen LogP contribution in [0, 0.1) is 0 Å². The Kier molecular flexibility index (Phi) is 6.30. The van der Waals surface area contributed by atoms with E-state index in [2.05, 4.69) is 10.1 Å². The fourth-order valence-electron chi connectivity index (χ4n) is 1.60. The molecule has 7 heteroatoms. The standard InChI is InChI=1S/C13H17F3N2O2/c14-13(15,16)20-11-5-2-1-4-10(11)6-7-12(19)18-9-3-8-17/h1-2,4-5H,3,6-9,17H2,(H,18,19). The zero-order valence-electron chi connectivity index (χ0n) is 10.9. The molecule has 0 unspecified atom stereocenters. The number of aryl methyl sites for hydroxylation is 1. The lowest BCUT2D eigenvalue weighted by Crippen LogP contribution is -2.26. The molecule has 1 rings (SSSR count). The maximum atomic E-state index is 12.2. The van der Waals surface area contributed by atoms with E-state index in [1.165, 1.54) is 18.2 Å². The topological polar surface area (TPSA) is 64.3 Å². The van der Waals surface area contributed by atoms with Crippen molar-refractivity contribution in [1.82, 2.24) is 5.32 Å². The summed E-state index contributed by atoms with van der Waals surface area (Å²) in [5, 5.41) is 2.64. The molecule has 0 atom stereocenters. The molecule has 0 bridgehead atoms. The summed E-state index contributed by atoms with van der Waals surface area (Å²) in [6.45, 7) is 0.943. The van der Waals surface area contributed by atoms with Gasteiger partial charge in [0.05, 0.1) is 0 Å². The van der Waals surface area contributed by atoms with Crippen molar-refractivity contribution in [2.75, 3.05) is 13.1 Å². The van der Waals surface area contributed by atoms with E-state index < -0.39 is 6.36 Å². The van der Waals surface area contributed by atoms with Gasteiger partial charge in [-0.25, -0.2) is 0 Å². The van der Waals surface area contributed by atoms with Gasteiger partial charge in [-0.15, -0.1) is 13.2 Å². The van der Waals surface area contributed by atoms with Gasteiger partial charge in [-0.05, 0) is 31.0 Å². The second kappa shape index (κ2) is 7.74. The molecular formula is C13H17F3N2O2. The van der Waals surface area contributed by atoms with Crippen LogP contribution in [-0.4, -0.2) is 25.4 Å². The third-order valence-electron chi connectivity index (χ3n) is 2.52. The molecule has 112 valence electrons. The van der Waals surface area contributed by atoms with E-state index in [1.807, 2.05) is 0 Å². The zero-order chi connectivity index (χ0) is 15.0. The summed E-state index contributed by atoms with van der Waals surface area (Å²) in [4.78, 5) is 11.5. The predicted molar refractivity (Wildman–Crippen MR) is 68.1 cm³/mol. The molecule has 0 aliphatic rings. The van der Waals surface area contributed by atoms with E-state index in [0.29, 0.717) is 25.1 Å². The van der Waals surface area contributed by atoms with Gasteiger partial charge in [0.25, 0.3) is 0 Å². The Morgan fingerprint density at radius 1 is 1.30 bits per heavy atom. The van der Waals surface area contributed by atoms with Crippen LogP contribution >= 0.6 is 0 Å². The van der Waals surface area contributed by atoms with Crippen LogP contribution in [-0.2, 0) is 11.2 Å². The van der Waals surface area contributed by atoms with Crippen LogP contribution < -0.4 is 15.8 Å². The number of halogens is 3. The molecule has 1 aromatic carbocycles. The number of rotatable bonds is 7. The third kappa shape index (κ3) is 6.42. The molecule has 0 radical (unpaired) electrons. The van der Waals surface area contributed by atoms with E-state index in [0.717, 1.165) is 0 Å². The lowest BCUT2D eigenvalue weighted by Gasteiger charge is -2.13. The lowest BCUT2D eigenvalue weighted by molar-refractivity contribution is -0.274. The number of amides is 1. The summed E-state index contributed by atoms with van der Waals surface area (Å²) >= 11 is 0. The van der Waals surface area contributed by atoms with E-state index in [9.17, 15) is 18.0 Å². The van der Waals surface area contributed by atoms with Crippen molar-refractivity contribution >= 4 is 5.91 Å². The molecule has 0 aliphatic carbocycles. The van der Waals surface area contributed by atoms with Crippen molar-refractivity contribution in [1.29, 1.82) is 0 Å². The molecular weight excluding hydrogens is 273 g/mol. The van der Waals surface area contributed by atoms with Crippen LogP contribution in [0.2, 0.25) is 0 Å². The SMILES string of the molecule is NCCCNC(=O)CCc1ccccc1OC(F)(F)F. The molecule has 0 aromatic heterocycles. The van der Waals surface area contributed by atoms with Gasteiger partial charge in [-0.3, -0.25) is 4.79 Å². The highest BCUT2D eigenvalue weighted by Gasteiger charge is 2.31. The third-order valence-corrected chi connectivity index (χ3v) is 2.52. The van der Waals surface area contributed by atoms with E-state index in [1.54, 1.807) is 6.07 Å². The number of hydrogen-bond donors (Lipinski definition) is 2. The van der Waals surface area contributed by atoms with Crippen LogP contribution in [0.5, 0.6) is 5.75 Å². The van der Waals surface area contributed by atoms with Crippen molar-refractivity contribution in [3.63, 3.8) is 0 Å². The second-order valence-corrected chi connectivity index (χ2v) is 4.15. The largest absolute Gasteiger partial charge is 0.573 e. The van der Waals surface area contributed by atoms with Crippen molar-refractivity contribution in [2.45, 2.75) is 25.6 Å². The average Bonchev–Trinajstić information content (AvgIpc) is 2.36. The molecule has 0 fully saturated rings.